The van der Waals surface area contributed by atoms with Gasteiger partial charge in [0.15, 0.2) is 0 Å². The van der Waals surface area contributed by atoms with Crippen molar-refractivity contribution in [3.8, 4) is 28.7 Å². The highest BCUT2D eigenvalue weighted by Crippen LogP contribution is 2.53. The highest BCUT2D eigenvalue weighted by atomic mass is 31.2. The lowest BCUT2D eigenvalue weighted by molar-refractivity contribution is 0.261. The molecular formula is C30H26O8P2. The monoisotopic (exact) mass is 576 g/mol. The molecule has 0 amide bonds. The first-order valence-corrected chi connectivity index (χ1v) is 15.4. The molecule has 0 aliphatic heterocycles. The van der Waals surface area contributed by atoms with Gasteiger partial charge in [0, 0.05) is 6.07 Å². The fourth-order valence-electron chi connectivity index (χ4n) is 3.58. The van der Waals surface area contributed by atoms with Crippen LogP contribution in [0.5, 0.6) is 28.7 Å². The third kappa shape index (κ3) is 7.82. The van der Waals surface area contributed by atoms with Gasteiger partial charge in [0.25, 0.3) is 0 Å². The van der Waals surface area contributed by atoms with Gasteiger partial charge in [-0.2, -0.15) is 9.13 Å². The molecule has 0 N–H and O–H groups in total. The first-order valence-electron chi connectivity index (χ1n) is 12.5. The average molecular weight is 576 g/mol. The summed E-state index contributed by atoms with van der Waals surface area (Å²) in [5.74, 6) is 1.42. The molecule has 1 aliphatic carbocycles. The molecule has 1 unspecified atom stereocenters. The van der Waals surface area contributed by atoms with E-state index in [1.165, 1.54) is 6.07 Å². The van der Waals surface area contributed by atoms with Crippen molar-refractivity contribution in [1.82, 2.24) is 0 Å². The number of hydrogen-bond acceptors (Lipinski definition) is 8. The lowest BCUT2D eigenvalue weighted by Gasteiger charge is -2.21. The van der Waals surface area contributed by atoms with Crippen LogP contribution < -0.4 is 22.6 Å². The van der Waals surface area contributed by atoms with Crippen LogP contribution in [0.2, 0.25) is 0 Å². The van der Waals surface area contributed by atoms with Gasteiger partial charge < -0.3 is 27.1 Å². The first kappa shape index (κ1) is 27.2. The van der Waals surface area contributed by atoms with Crippen LogP contribution in [0.25, 0.3) is 0 Å². The molecule has 0 saturated heterocycles. The van der Waals surface area contributed by atoms with Gasteiger partial charge in [0.05, 0.1) is 0 Å². The van der Waals surface area contributed by atoms with Gasteiger partial charge in [-0.25, -0.2) is 0 Å². The van der Waals surface area contributed by atoms with E-state index in [2.05, 4.69) is 0 Å². The third-order valence-corrected chi connectivity index (χ3v) is 7.91. The Kier molecular flexibility index (Phi) is 8.60. The predicted octanol–water partition coefficient (Wildman–Crippen LogP) is 9.15. The number of para-hydroxylation sites is 3. The van der Waals surface area contributed by atoms with E-state index in [0.29, 0.717) is 11.5 Å². The lowest BCUT2D eigenvalue weighted by Crippen LogP contribution is -2.08. The van der Waals surface area contributed by atoms with Crippen LogP contribution in [0.3, 0.4) is 0 Å². The molecule has 1 atom stereocenters. The summed E-state index contributed by atoms with van der Waals surface area (Å²) in [6, 6.07) is 31.7. The van der Waals surface area contributed by atoms with E-state index < -0.39 is 15.6 Å². The molecular weight excluding hydrogens is 550 g/mol. The molecule has 4 aromatic rings. The molecule has 0 aromatic heterocycles. The van der Waals surface area contributed by atoms with E-state index in [0.717, 1.165) is 12.8 Å². The molecule has 8 nitrogen and oxygen atoms in total. The molecule has 4 aromatic carbocycles. The second kappa shape index (κ2) is 12.6. The lowest BCUT2D eigenvalue weighted by atomic mass is 10.2. The Morgan fingerprint density at radius 1 is 0.450 bits per heavy atom. The van der Waals surface area contributed by atoms with Gasteiger partial charge in [-0.3, -0.25) is 0 Å². The molecule has 0 spiro atoms. The number of benzene rings is 4. The van der Waals surface area contributed by atoms with E-state index in [1.807, 2.05) is 12.2 Å². The Morgan fingerprint density at radius 2 is 0.850 bits per heavy atom. The van der Waals surface area contributed by atoms with Gasteiger partial charge in [0.2, 0.25) is 0 Å². The second-order valence-corrected chi connectivity index (χ2v) is 11.3. The largest absolute Gasteiger partial charge is 0.647 e. The Bertz CT molecular complexity index is 1510. The van der Waals surface area contributed by atoms with E-state index >= 15 is 0 Å². The maximum atomic E-state index is 13.8. The fraction of sp³-hybridized carbons (Fsp3) is 0.0667. The molecule has 5 rings (SSSR count). The van der Waals surface area contributed by atoms with Crippen LogP contribution >= 0.6 is 15.6 Å². The van der Waals surface area contributed by atoms with E-state index in [9.17, 15) is 9.13 Å². The maximum absolute atomic E-state index is 13.8. The minimum atomic E-state index is -4.25. The van der Waals surface area contributed by atoms with E-state index in [1.54, 1.807) is 115 Å². The van der Waals surface area contributed by atoms with E-state index in [-0.39, 0.29) is 23.0 Å². The Morgan fingerprint density at radius 3 is 1.27 bits per heavy atom. The molecule has 10 heteroatoms. The number of hydrogen-bond donors (Lipinski definition) is 0. The molecule has 0 radical (unpaired) electrons. The van der Waals surface area contributed by atoms with Crippen molar-refractivity contribution in [3.05, 3.63) is 139 Å². The van der Waals surface area contributed by atoms with Crippen molar-refractivity contribution < 1.29 is 36.3 Å². The zero-order valence-corrected chi connectivity index (χ0v) is 23.1. The topological polar surface area (TPSA) is 89.5 Å². The van der Waals surface area contributed by atoms with Gasteiger partial charge in [-0.05, 0) is 73.5 Å². The molecule has 204 valence electrons. The van der Waals surface area contributed by atoms with Crippen LogP contribution in [0.1, 0.15) is 12.8 Å². The smallest absolute Gasteiger partial charge is 0.386 e. The normalized spacial score (nSPS) is 14.2. The average Bonchev–Trinajstić information content (AvgIpc) is 2.95. The zero-order valence-electron chi connectivity index (χ0n) is 21.3. The van der Waals surface area contributed by atoms with Crippen molar-refractivity contribution in [2.24, 2.45) is 0 Å². The van der Waals surface area contributed by atoms with Gasteiger partial charge in [-0.15, -0.1) is 0 Å². The number of allylic oxidation sites excluding steroid dienone is 3. The standard InChI is InChI=1S/C30H26O8P2/c31-39(33-25-14-5-1-6-15-25,34-26-16-7-2-8-17-26)37-29-22-13-23-30(24-29)38-40(32,35-27-18-9-3-10-19-27)36-28-20-11-4-12-21-28/h1-3,5-11,13-24H,4,12H2. The van der Waals surface area contributed by atoms with E-state index in [4.69, 9.17) is 27.1 Å². The number of rotatable bonds is 12. The minimum absolute atomic E-state index is 0.0794. The van der Waals surface area contributed by atoms with Crippen molar-refractivity contribution in [2.75, 3.05) is 0 Å². The van der Waals surface area contributed by atoms with Crippen LogP contribution in [0.4, 0.5) is 0 Å². The first-order chi connectivity index (χ1) is 19.5. The molecule has 1 aliphatic rings. The van der Waals surface area contributed by atoms with Crippen molar-refractivity contribution in [2.45, 2.75) is 12.8 Å². The number of phosphoric ester groups is 2. The number of phosphoric acid groups is 2. The van der Waals surface area contributed by atoms with Crippen LogP contribution in [-0.2, 0) is 13.7 Å². The summed E-state index contributed by atoms with van der Waals surface area (Å²) in [7, 11) is -8.46. The summed E-state index contributed by atoms with van der Waals surface area (Å²) in [5, 5.41) is 0. The van der Waals surface area contributed by atoms with Crippen molar-refractivity contribution in [3.63, 3.8) is 0 Å². The zero-order chi connectivity index (χ0) is 27.7. The summed E-state index contributed by atoms with van der Waals surface area (Å²) in [5.41, 5.74) is 0. The second-order valence-electron chi connectivity index (χ2n) is 8.44. The fourth-order valence-corrected chi connectivity index (χ4v) is 6.08. The maximum Gasteiger partial charge on any atom is 0.647 e. The van der Waals surface area contributed by atoms with Crippen LogP contribution in [0.15, 0.2) is 139 Å². The molecule has 0 bridgehead atoms. The molecule has 0 saturated carbocycles. The molecule has 0 heterocycles. The van der Waals surface area contributed by atoms with Crippen LogP contribution in [-0.4, -0.2) is 0 Å². The highest BCUT2D eigenvalue weighted by molar-refractivity contribution is 7.50. The van der Waals surface area contributed by atoms with Gasteiger partial charge >= 0.3 is 15.6 Å². The predicted molar refractivity (Wildman–Crippen MR) is 152 cm³/mol. The van der Waals surface area contributed by atoms with Gasteiger partial charge in [-0.1, -0.05) is 66.7 Å². The minimum Gasteiger partial charge on any atom is -0.386 e. The molecule has 0 fully saturated rings. The van der Waals surface area contributed by atoms with Gasteiger partial charge in [0.1, 0.15) is 34.5 Å². The summed E-state index contributed by atoms with van der Waals surface area (Å²) in [4.78, 5) is 0. The summed E-state index contributed by atoms with van der Waals surface area (Å²) < 4.78 is 62.0. The summed E-state index contributed by atoms with van der Waals surface area (Å²) in [6.45, 7) is 0. The molecule has 40 heavy (non-hydrogen) atoms. The third-order valence-electron chi connectivity index (χ3n) is 5.30. The van der Waals surface area contributed by atoms with Crippen LogP contribution in [0, 0.1) is 0 Å². The SMILES string of the molecule is O=P(OC1=CCCC=C1)(Oc1ccccc1)Oc1cccc(OP(=O)(Oc2ccccc2)Oc2ccccc2)c1. The highest BCUT2D eigenvalue weighted by Gasteiger charge is 2.36. The Hall–Kier alpha value is -4.38. The van der Waals surface area contributed by atoms with Crippen molar-refractivity contribution >= 4 is 15.6 Å². The summed E-state index contributed by atoms with van der Waals surface area (Å²) in [6.07, 6.45) is 7.02. The Labute approximate surface area is 232 Å². The van der Waals surface area contributed by atoms with Crippen molar-refractivity contribution in [1.29, 1.82) is 0 Å². The Balaban J connectivity index is 1.40. The quantitative estimate of drug-likeness (QED) is 0.154. The summed E-state index contributed by atoms with van der Waals surface area (Å²) >= 11 is 0.